The molecule has 0 radical (unpaired) electrons. The minimum atomic E-state index is -1.02. The molecule has 0 aliphatic rings. The first-order valence-electron chi connectivity index (χ1n) is 6.40. The predicted molar refractivity (Wildman–Crippen MR) is 91.0 cm³/mol. The molecule has 4 heteroatoms. The number of carbonyl (C=O) groups excluding carboxylic acids is 1. The Labute approximate surface area is 137 Å². The Morgan fingerprint density at radius 1 is 1.14 bits per heavy atom. The molecule has 1 unspecified atom stereocenters. The summed E-state index contributed by atoms with van der Waals surface area (Å²) in [5.41, 5.74) is 2.79. The third kappa shape index (κ3) is 3.51. The minimum Gasteiger partial charge on any atom is -0.466 e. The molecule has 21 heavy (non-hydrogen) atoms. The van der Waals surface area contributed by atoms with E-state index < -0.39 is 12.1 Å². The lowest BCUT2D eigenvalue weighted by molar-refractivity contribution is -0.137. The molecule has 0 fully saturated rings. The van der Waals surface area contributed by atoms with Crippen molar-refractivity contribution in [3.63, 3.8) is 0 Å². The molecule has 0 amide bonds. The van der Waals surface area contributed by atoms with Crippen LogP contribution >= 0.6 is 22.6 Å². The summed E-state index contributed by atoms with van der Waals surface area (Å²) < 4.78 is 6.27. The highest BCUT2D eigenvalue weighted by molar-refractivity contribution is 14.1. The van der Waals surface area contributed by atoms with E-state index >= 15 is 0 Å². The highest BCUT2D eigenvalue weighted by atomic mass is 127. The highest BCUT2D eigenvalue weighted by Gasteiger charge is 2.23. The van der Waals surface area contributed by atoms with Crippen molar-refractivity contribution in [2.75, 3.05) is 7.11 Å². The van der Waals surface area contributed by atoms with Crippen molar-refractivity contribution in [3.05, 3.63) is 69.8 Å². The molecular weight excluding hydrogens is 379 g/mol. The Kier molecular flexibility index (Phi) is 5.52. The number of carbonyl (C=O) groups is 1. The molecule has 0 saturated heterocycles. The summed E-state index contributed by atoms with van der Waals surface area (Å²) in [7, 11) is 1.30. The average molecular weight is 394 g/mol. The molecule has 0 saturated carbocycles. The number of hydrogen-bond donors (Lipinski definition) is 1. The summed E-state index contributed by atoms with van der Waals surface area (Å²) >= 11 is 1.93. The number of halogens is 1. The molecule has 3 nitrogen and oxygen atoms in total. The van der Waals surface area contributed by atoms with Crippen molar-refractivity contribution in [2.24, 2.45) is 0 Å². The first-order valence-corrected chi connectivity index (χ1v) is 7.64. The van der Waals surface area contributed by atoms with Crippen molar-refractivity contribution < 1.29 is 14.6 Å². The summed E-state index contributed by atoms with van der Waals surface area (Å²) in [6.07, 6.45) is -1.02. The summed E-state index contributed by atoms with van der Waals surface area (Å²) in [6, 6.07) is 17.2. The normalized spacial score (nSPS) is 12.8. The van der Waals surface area contributed by atoms with Gasteiger partial charge in [-0.1, -0.05) is 77.2 Å². The van der Waals surface area contributed by atoms with Crippen molar-refractivity contribution in [3.8, 4) is 11.1 Å². The second-order valence-corrected chi connectivity index (χ2v) is 5.03. The van der Waals surface area contributed by atoms with Gasteiger partial charge in [0.2, 0.25) is 0 Å². The van der Waals surface area contributed by atoms with Gasteiger partial charge in [-0.3, -0.25) is 0 Å². The molecule has 2 aromatic rings. The van der Waals surface area contributed by atoms with E-state index in [-0.39, 0.29) is 5.57 Å². The van der Waals surface area contributed by atoms with Gasteiger partial charge in [0.25, 0.3) is 0 Å². The molecule has 0 aromatic heterocycles. The van der Waals surface area contributed by atoms with E-state index in [1.54, 1.807) is 4.08 Å². The zero-order valence-corrected chi connectivity index (χ0v) is 13.7. The van der Waals surface area contributed by atoms with Crippen LogP contribution in [0.2, 0.25) is 0 Å². The van der Waals surface area contributed by atoms with E-state index in [4.69, 9.17) is 4.74 Å². The topological polar surface area (TPSA) is 46.5 Å². The highest BCUT2D eigenvalue weighted by Crippen LogP contribution is 2.32. The Bertz CT molecular complexity index is 650. The second-order valence-electron chi connectivity index (χ2n) is 4.41. The predicted octanol–water partition coefficient (Wildman–Crippen LogP) is 3.88. The van der Waals surface area contributed by atoms with Crippen LogP contribution in [0.15, 0.2) is 64.3 Å². The third-order valence-corrected chi connectivity index (χ3v) is 3.84. The minimum absolute atomic E-state index is 0.224. The van der Waals surface area contributed by atoms with Gasteiger partial charge >= 0.3 is 5.97 Å². The van der Waals surface area contributed by atoms with Gasteiger partial charge in [-0.15, -0.1) is 0 Å². The molecule has 1 atom stereocenters. The van der Waals surface area contributed by atoms with Crippen LogP contribution in [-0.4, -0.2) is 18.2 Å². The molecular formula is C17H15IO3. The summed E-state index contributed by atoms with van der Waals surface area (Å²) in [6.45, 7) is 0. The van der Waals surface area contributed by atoms with Crippen molar-refractivity contribution in [1.82, 2.24) is 0 Å². The van der Waals surface area contributed by atoms with E-state index in [0.717, 1.165) is 11.1 Å². The fraction of sp³-hybridized carbons (Fsp3) is 0.118. The first kappa shape index (κ1) is 15.7. The monoisotopic (exact) mass is 394 g/mol. The zero-order valence-electron chi connectivity index (χ0n) is 11.5. The maximum Gasteiger partial charge on any atom is 0.337 e. The second kappa shape index (κ2) is 7.38. The van der Waals surface area contributed by atoms with Crippen LogP contribution in [0.1, 0.15) is 11.7 Å². The van der Waals surface area contributed by atoms with Crippen LogP contribution < -0.4 is 0 Å². The molecule has 0 aliphatic carbocycles. The fourth-order valence-corrected chi connectivity index (χ4v) is 2.71. The van der Waals surface area contributed by atoms with Crippen LogP contribution in [0.5, 0.6) is 0 Å². The lowest BCUT2D eigenvalue weighted by atomic mass is 9.93. The number of methoxy groups -OCH3 is 1. The maximum absolute atomic E-state index is 11.8. The summed E-state index contributed by atoms with van der Waals surface area (Å²) in [5.74, 6) is -0.528. The Morgan fingerprint density at radius 2 is 1.76 bits per heavy atom. The van der Waals surface area contributed by atoms with Gasteiger partial charge in [0, 0.05) is 0 Å². The molecule has 0 spiro atoms. The van der Waals surface area contributed by atoms with E-state index in [1.165, 1.54) is 7.11 Å². The molecule has 108 valence electrons. The quantitative estimate of drug-likeness (QED) is 0.487. The molecule has 1 N–H and O–H groups in total. The van der Waals surface area contributed by atoms with Gasteiger partial charge in [0.05, 0.1) is 12.7 Å². The number of hydrogen-bond acceptors (Lipinski definition) is 3. The number of esters is 1. The van der Waals surface area contributed by atoms with Crippen LogP contribution in [0.3, 0.4) is 0 Å². The van der Waals surface area contributed by atoms with E-state index in [2.05, 4.69) is 0 Å². The van der Waals surface area contributed by atoms with E-state index in [0.29, 0.717) is 5.56 Å². The Morgan fingerprint density at radius 3 is 2.38 bits per heavy atom. The Hall–Kier alpha value is -1.66. The van der Waals surface area contributed by atoms with Gasteiger partial charge in [0.15, 0.2) is 0 Å². The standard InChI is InChI=1S/C17H15IO3/c1-21-17(20)15(11-18)16(19)14-10-6-5-9-13(14)12-7-3-2-4-8-12/h2-11,16,19H,1H3/b15-11-. The molecule has 2 aromatic carbocycles. The number of benzene rings is 2. The molecule has 0 bridgehead atoms. The maximum atomic E-state index is 11.8. The fourth-order valence-electron chi connectivity index (χ4n) is 2.12. The lowest BCUT2D eigenvalue weighted by Crippen LogP contribution is -2.13. The van der Waals surface area contributed by atoms with Crippen LogP contribution in [-0.2, 0) is 9.53 Å². The van der Waals surface area contributed by atoms with Gasteiger partial charge in [-0.2, -0.15) is 0 Å². The van der Waals surface area contributed by atoms with Crippen molar-refractivity contribution >= 4 is 28.6 Å². The number of aliphatic hydroxyl groups is 1. The molecule has 0 aliphatic heterocycles. The van der Waals surface area contributed by atoms with Crippen LogP contribution in [0, 0.1) is 0 Å². The molecule has 2 rings (SSSR count). The summed E-state index contributed by atoms with van der Waals surface area (Å²) in [5, 5.41) is 10.6. The van der Waals surface area contributed by atoms with Gasteiger partial charge < -0.3 is 9.84 Å². The number of aliphatic hydroxyl groups excluding tert-OH is 1. The summed E-state index contributed by atoms with van der Waals surface area (Å²) in [4.78, 5) is 11.8. The number of rotatable bonds is 4. The van der Waals surface area contributed by atoms with Crippen molar-refractivity contribution in [2.45, 2.75) is 6.10 Å². The van der Waals surface area contributed by atoms with Crippen molar-refractivity contribution in [1.29, 1.82) is 0 Å². The number of ether oxygens (including phenoxy) is 1. The first-order chi connectivity index (χ1) is 10.2. The smallest absolute Gasteiger partial charge is 0.337 e. The molecule has 0 heterocycles. The largest absolute Gasteiger partial charge is 0.466 e. The van der Waals surface area contributed by atoms with E-state index in [9.17, 15) is 9.90 Å². The Balaban J connectivity index is 2.48. The SMILES string of the molecule is COC(=O)/C(=C\I)C(O)c1ccccc1-c1ccccc1. The van der Waals surface area contributed by atoms with Gasteiger partial charge in [-0.25, -0.2) is 4.79 Å². The van der Waals surface area contributed by atoms with Gasteiger partial charge in [-0.05, 0) is 20.8 Å². The third-order valence-electron chi connectivity index (χ3n) is 3.17. The zero-order chi connectivity index (χ0) is 15.2. The van der Waals surface area contributed by atoms with Gasteiger partial charge in [0.1, 0.15) is 6.10 Å². The average Bonchev–Trinajstić information content (AvgIpc) is 2.56. The van der Waals surface area contributed by atoms with Crippen LogP contribution in [0.4, 0.5) is 0 Å². The van der Waals surface area contributed by atoms with Crippen LogP contribution in [0.25, 0.3) is 11.1 Å². The lowest BCUT2D eigenvalue weighted by Gasteiger charge is -2.17. The van der Waals surface area contributed by atoms with E-state index in [1.807, 2.05) is 77.2 Å².